The van der Waals surface area contributed by atoms with Crippen molar-refractivity contribution in [1.82, 2.24) is 9.88 Å². The third-order valence-corrected chi connectivity index (χ3v) is 2.54. The number of anilines is 1. The van der Waals surface area contributed by atoms with Crippen LogP contribution >= 0.6 is 0 Å². The van der Waals surface area contributed by atoms with Crippen LogP contribution in [0.4, 0.5) is 18.9 Å². The molecule has 4 nitrogen and oxygen atoms in total. The highest BCUT2D eigenvalue weighted by Crippen LogP contribution is 2.20. The van der Waals surface area contributed by atoms with E-state index in [1.165, 1.54) is 6.07 Å². The summed E-state index contributed by atoms with van der Waals surface area (Å²) in [5.74, 6) is -0.396. The monoisotopic (exact) mass is 277 g/mol. The first-order valence-corrected chi connectivity index (χ1v) is 6.14. The van der Waals surface area contributed by atoms with E-state index in [-0.39, 0.29) is 13.0 Å². The molecule has 0 fully saturated rings. The van der Waals surface area contributed by atoms with Crippen molar-refractivity contribution >= 4 is 11.6 Å². The summed E-state index contributed by atoms with van der Waals surface area (Å²) in [5, 5.41) is 2.47. The van der Waals surface area contributed by atoms with Crippen LogP contribution in [0.3, 0.4) is 0 Å². The Hall–Kier alpha value is -1.66. The third kappa shape index (κ3) is 5.23. The molecule has 0 saturated heterocycles. The molecule has 7 heteroatoms. The van der Waals surface area contributed by atoms with Crippen LogP contribution in [0.2, 0.25) is 0 Å². The van der Waals surface area contributed by atoms with Crippen LogP contribution in [0.5, 0.6) is 0 Å². The van der Waals surface area contributed by atoms with Crippen molar-refractivity contribution in [3.63, 3.8) is 0 Å². The molecule has 108 valence electrons. The van der Waals surface area contributed by atoms with Crippen LogP contribution in [0.15, 0.2) is 12.3 Å². The predicted molar refractivity (Wildman–Crippen MR) is 66.8 cm³/mol. The average molecular weight is 277 g/mol. The molecule has 1 aromatic rings. The first kappa shape index (κ1) is 15.4. The van der Waals surface area contributed by atoms with Gasteiger partial charge >= 0.3 is 6.18 Å². The van der Waals surface area contributed by atoms with Gasteiger partial charge in [-0.1, -0.05) is 6.92 Å². The number of hydrogen-bond donors (Lipinski definition) is 2. The number of amides is 1. The van der Waals surface area contributed by atoms with Crippen LogP contribution < -0.4 is 11.1 Å². The maximum absolute atomic E-state index is 11.9. The van der Waals surface area contributed by atoms with Crippen molar-refractivity contribution in [2.45, 2.75) is 38.9 Å². The summed E-state index contributed by atoms with van der Waals surface area (Å²) >= 11 is 0. The number of carbonyl (C=O) groups is 1. The molecule has 1 amide bonds. The van der Waals surface area contributed by atoms with Gasteiger partial charge in [0.2, 0.25) is 0 Å². The Kier molecular flexibility index (Phi) is 5.26. The molecule has 0 atom stereocenters. The molecule has 0 saturated carbocycles. The van der Waals surface area contributed by atoms with E-state index in [2.05, 4.69) is 5.32 Å². The lowest BCUT2D eigenvalue weighted by molar-refractivity contribution is -0.135. The number of aryl methyl sites for hydroxylation is 1. The Morgan fingerprint density at radius 1 is 1.47 bits per heavy atom. The molecule has 0 aliphatic heterocycles. The number of rotatable bonds is 6. The number of nitrogens with zero attached hydrogens (tertiary/aromatic N) is 1. The Bertz CT molecular complexity index is 426. The lowest BCUT2D eigenvalue weighted by Crippen LogP contribution is -2.27. The Morgan fingerprint density at radius 3 is 2.74 bits per heavy atom. The molecule has 0 spiro atoms. The number of carbonyl (C=O) groups excluding carboxylic acids is 1. The fraction of sp³-hybridized carbons (Fsp3) is 0.583. The maximum Gasteiger partial charge on any atom is 0.389 e. The molecule has 1 heterocycles. The highest BCUT2D eigenvalue weighted by atomic mass is 19.4. The van der Waals surface area contributed by atoms with Crippen molar-refractivity contribution in [1.29, 1.82) is 0 Å². The molecular formula is C12H18F3N3O. The van der Waals surface area contributed by atoms with E-state index in [9.17, 15) is 18.0 Å². The maximum atomic E-state index is 11.9. The van der Waals surface area contributed by atoms with E-state index < -0.39 is 18.5 Å². The Balaban J connectivity index is 2.49. The van der Waals surface area contributed by atoms with Crippen LogP contribution in [-0.4, -0.2) is 23.2 Å². The molecule has 19 heavy (non-hydrogen) atoms. The topological polar surface area (TPSA) is 60.0 Å². The molecule has 1 aromatic heterocycles. The molecule has 0 unspecified atom stereocenters. The zero-order chi connectivity index (χ0) is 14.5. The summed E-state index contributed by atoms with van der Waals surface area (Å²) < 4.78 is 37.5. The summed E-state index contributed by atoms with van der Waals surface area (Å²) in [5.41, 5.74) is 6.46. The normalized spacial score (nSPS) is 11.6. The van der Waals surface area contributed by atoms with Gasteiger partial charge < -0.3 is 15.6 Å². The van der Waals surface area contributed by atoms with Crippen molar-refractivity contribution in [2.24, 2.45) is 0 Å². The molecule has 0 radical (unpaired) electrons. The fourth-order valence-corrected chi connectivity index (χ4v) is 1.73. The van der Waals surface area contributed by atoms with Crippen LogP contribution in [0, 0.1) is 0 Å². The molecule has 1 rings (SSSR count). The fourth-order valence-electron chi connectivity index (χ4n) is 1.73. The van der Waals surface area contributed by atoms with E-state index in [0.717, 1.165) is 6.42 Å². The number of nitrogens with one attached hydrogen (secondary N) is 1. The zero-order valence-corrected chi connectivity index (χ0v) is 10.8. The minimum Gasteiger partial charge on any atom is -0.397 e. The van der Waals surface area contributed by atoms with E-state index in [1.54, 1.807) is 10.8 Å². The van der Waals surface area contributed by atoms with Crippen LogP contribution in [-0.2, 0) is 6.54 Å². The second-order valence-corrected chi connectivity index (χ2v) is 4.33. The highest BCUT2D eigenvalue weighted by Gasteiger charge is 2.26. The number of aromatic nitrogens is 1. The number of alkyl halides is 3. The second-order valence-electron chi connectivity index (χ2n) is 4.33. The lowest BCUT2D eigenvalue weighted by Gasteiger charge is -2.09. The van der Waals surface area contributed by atoms with Gasteiger partial charge in [0.25, 0.3) is 5.91 Å². The summed E-state index contributed by atoms with van der Waals surface area (Å²) in [4.78, 5) is 11.8. The first-order valence-electron chi connectivity index (χ1n) is 6.14. The smallest absolute Gasteiger partial charge is 0.389 e. The number of nitrogens with two attached hydrogens (primary N) is 1. The molecular weight excluding hydrogens is 259 g/mol. The van der Waals surface area contributed by atoms with Crippen molar-refractivity contribution < 1.29 is 18.0 Å². The standard InChI is InChI=1S/C12H18F3N3O/c1-2-6-18-8-9(16)7-10(18)11(19)17-5-3-4-12(13,14)15/h7-8H,2-6,16H2,1H3,(H,17,19). The molecule has 0 aromatic carbocycles. The van der Waals surface area contributed by atoms with E-state index in [1.807, 2.05) is 6.92 Å². The quantitative estimate of drug-likeness (QED) is 0.785. The van der Waals surface area contributed by atoms with Crippen LogP contribution in [0.25, 0.3) is 0 Å². The van der Waals surface area contributed by atoms with Gasteiger partial charge in [0.15, 0.2) is 0 Å². The minimum atomic E-state index is -4.18. The summed E-state index contributed by atoms with van der Waals surface area (Å²) in [6, 6.07) is 1.52. The number of hydrogen-bond acceptors (Lipinski definition) is 2. The van der Waals surface area contributed by atoms with Gasteiger partial charge in [0, 0.05) is 25.7 Å². The van der Waals surface area contributed by atoms with Gasteiger partial charge in [0.1, 0.15) is 5.69 Å². The van der Waals surface area contributed by atoms with Gasteiger partial charge in [-0.25, -0.2) is 0 Å². The third-order valence-electron chi connectivity index (χ3n) is 2.54. The number of halogens is 3. The summed E-state index contributed by atoms with van der Waals surface area (Å²) in [6.07, 6.45) is -2.72. The highest BCUT2D eigenvalue weighted by molar-refractivity contribution is 5.93. The van der Waals surface area contributed by atoms with Crippen LogP contribution in [0.1, 0.15) is 36.7 Å². The molecule has 0 aliphatic carbocycles. The van der Waals surface area contributed by atoms with Crippen molar-refractivity contribution in [3.05, 3.63) is 18.0 Å². The second kappa shape index (κ2) is 6.49. The van der Waals surface area contributed by atoms with Crippen molar-refractivity contribution in [2.75, 3.05) is 12.3 Å². The number of nitrogen functional groups attached to an aromatic ring is 1. The minimum absolute atomic E-state index is 0.00441. The van der Waals surface area contributed by atoms with Gasteiger partial charge in [-0.05, 0) is 18.9 Å². The summed E-state index contributed by atoms with van der Waals surface area (Å²) in [6.45, 7) is 2.60. The SMILES string of the molecule is CCCn1cc(N)cc1C(=O)NCCCC(F)(F)F. The summed E-state index contributed by atoms with van der Waals surface area (Å²) in [7, 11) is 0. The Labute approximate surface area is 109 Å². The zero-order valence-electron chi connectivity index (χ0n) is 10.8. The molecule has 3 N–H and O–H groups in total. The first-order chi connectivity index (χ1) is 8.83. The van der Waals surface area contributed by atoms with E-state index in [4.69, 9.17) is 5.73 Å². The predicted octanol–water partition coefficient (Wildman–Crippen LogP) is 2.55. The average Bonchev–Trinajstić information content (AvgIpc) is 2.65. The lowest BCUT2D eigenvalue weighted by atomic mass is 10.3. The largest absolute Gasteiger partial charge is 0.397 e. The van der Waals surface area contributed by atoms with Crippen molar-refractivity contribution in [3.8, 4) is 0 Å². The van der Waals surface area contributed by atoms with E-state index in [0.29, 0.717) is 17.9 Å². The van der Waals surface area contributed by atoms with Gasteiger partial charge in [-0.2, -0.15) is 13.2 Å². The van der Waals surface area contributed by atoms with E-state index >= 15 is 0 Å². The Morgan fingerprint density at radius 2 is 2.16 bits per heavy atom. The van der Waals surface area contributed by atoms with Gasteiger partial charge in [-0.15, -0.1) is 0 Å². The molecule has 0 aliphatic rings. The molecule has 0 bridgehead atoms. The van der Waals surface area contributed by atoms with Gasteiger partial charge in [-0.3, -0.25) is 4.79 Å². The van der Waals surface area contributed by atoms with Gasteiger partial charge in [0.05, 0.1) is 5.69 Å².